The van der Waals surface area contributed by atoms with E-state index in [0.717, 1.165) is 11.4 Å². The molecule has 2 amide bonds. The number of fused-ring (bicyclic) bond motifs is 5. The normalized spacial score (nSPS) is 33.4. The topological polar surface area (TPSA) is 70.0 Å². The maximum Gasteiger partial charge on any atom is 0.254 e. The molecule has 0 aromatic heterocycles. The third kappa shape index (κ3) is 1.67. The van der Waals surface area contributed by atoms with Crippen LogP contribution in [0.2, 0.25) is 0 Å². The molecule has 2 aliphatic carbocycles. The molecule has 1 saturated carbocycles. The Morgan fingerprint density at radius 1 is 1.10 bits per heavy atom. The molecule has 1 aromatic carbocycles. The van der Waals surface area contributed by atoms with Crippen LogP contribution in [0.15, 0.2) is 41.5 Å². The predicted molar refractivity (Wildman–Crippen MR) is 75.3 cm³/mol. The van der Waals surface area contributed by atoms with Gasteiger partial charge in [0.15, 0.2) is 0 Å². The zero-order valence-corrected chi connectivity index (χ0v) is 11.2. The van der Waals surface area contributed by atoms with Crippen LogP contribution in [0.25, 0.3) is 0 Å². The monoisotopic (exact) mass is 282 g/mol. The van der Waals surface area contributed by atoms with Crippen LogP contribution in [-0.4, -0.2) is 28.1 Å². The minimum atomic E-state index is -0.242. The van der Waals surface area contributed by atoms with Crippen LogP contribution >= 0.6 is 0 Å². The number of para-hydroxylation sites is 1. The molecule has 0 unspecified atom stereocenters. The summed E-state index contributed by atoms with van der Waals surface area (Å²) in [6, 6.07) is 6.67. The molecule has 4 atom stereocenters. The molecular weight excluding hydrogens is 268 g/mol. The molecule has 1 N–H and O–H groups in total. The van der Waals surface area contributed by atoms with Crippen molar-refractivity contribution >= 4 is 18.0 Å². The van der Waals surface area contributed by atoms with Gasteiger partial charge < -0.3 is 5.11 Å². The molecule has 1 heterocycles. The Bertz CT molecular complexity index is 665. The van der Waals surface area contributed by atoms with Gasteiger partial charge in [0.2, 0.25) is 0 Å². The number of hydrogen-bond acceptors (Lipinski definition) is 4. The van der Waals surface area contributed by atoms with Gasteiger partial charge in [0.05, 0.1) is 18.1 Å². The van der Waals surface area contributed by atoms with Crippen molar-refractivity contribution in [2.45, 2.75) is 6.42 Å². The van der Waals surface area contributed by atoms with Crippen molar-refractivity contribution in [3.63, 3.8) is 0 Å². The highest BCUT2D eigenvalue weighted by molar-refractivity contribution is 6.06. The van der Waals surface area contributed by atoms with Gasteiger partial charge in [0.1, 0.15) is 5.75 Å². The summed E-state index contributed by atoms with van der Waals surface area (Å²) in [5.41, 5.74) is 0.483. The molecule has 106 valence electrons. The first-order valence-electron chi connectivity index (χ1n) is 7.05. The number of imide groups is 1. The quantitative estimate of drug-likeness (QED) is 0.508. The molecule has 2 fully saturated rings. The predicted octanol–water partition coefficient (Wildman–Crippen LogP) is 1.53. The first-order valence-corrected chi connectivity index (χ1v) is 7.05. The van der Waals surface area contributed by atoms with Gasteiger partial charge in [-0.15, -0.1) is 0 Å². The van der Waals surface area contributed by atoms with E-state index >= 15 is 0 Å². The largest absolute Gasteiger partial charge is 0.507 e. The summed E-state index contributed by atoms with van der Waals surface area (Å²) in [6.07, 6.45) is 6.37. The number of nitrogens with zero attached hydrogens (tertiary/aromatic N) is 2. The van der Waals surface area contributed by atoms with E-state index in [2.05, 4.69) is 5.10 Å². The third-order valence-electron chi connectivity index (χ3n) is 4.70. The molecule has 5 nitrogen and oxygen atoms in total. The second kappa shape index (κ2) is 4.28. The van der Waals surface area contributed by atoms with E-state index in [9.17, 15) is 14.7 Å². The van der Waals surface area contributed by atoms with Crippen LogP contribution in [-0.2, 0) is 9.59 Å². The number of phenols is 1. The van der Waals surface area contributed by atoms with Crippen LogP contribution in [0.1, 0.15) is 12.0 Å². The summed E-state index contributed by atoms with van der Waals surface area (Å²) in [5, 5.41) is 14.7. The summed E-state index contributed by atoms with van der Waals surface area (Å²) in [6.45, 7) is 0. The molecule has 3 aliphatic rings. The number of phenolic OH excluding ortho intramolecular Hbond substituents is 1. The van der Waals surface area contributed by atoms with Gasteiger partial charge >= 0.3 is 0 Å². The minimum Gasteiger partial charge on any atom is -0.507 e. The van der Waals surface area contributed by atoms with Gasteiger partial charge in [-0.2, -0.15) is 10.1 Å². The maximum absolute atomic E-state index is 12.4. The van der Waals surface area contributed by atoms with E-state index < -0.39 is 0 Å². The number of aromatic hydroxyl groups is 1. The second-order valence-electron chi connectivity index (χ2n) is 5.79. The van der Waals surface area contributed by atoms with Crippen LogP contribution in [0.4, 0.5) is 0 Å². The zero-order chi connectivity index (χ0) is 14.6. The maximum atomic E-state index is 12.4. The van der Waals surface area contributed by atoms with Crippen molar-refractivity contribution in [3.8, 4) is 5.75 Å². The van der Waals surface area contributed by atoms with Gasteiger partial charge in [-0.3, -0.25) is 9.59 Å². The lowest BCUT2D eigenvalue weighted by molar-refractivity contribution is -0.140. The fourth-order valence-corrected chi connectivity index (χ4v) is 3.72. The van der Waals surface area contributed by atoms with Crippen molar-refractivity contribution in [2.24, 2.45) is 28.8 Å². The first kappa shape index (κ1) is 12.3. The summed E-state index contributed by atoms with van der Waals surface area (Å²) < 4.78 is 0. The summed E-state index contributed by atoms with van der Waals surface area (Å²) in [7, 11) is 0. The van der Waals surface area contributed by atoms with Crippen molar-refractivity contribution in [3.05, 3.63) is 42.0 Å². The average molecular weight is 282 g/mol. The lowest BCUT2D eigenvalue weighted by Gasteiger charge is -2.13. The number of allylic oxidation sites excluding steroid dienone is 2. The Hall–Kier alpha value is -2.43. The van der Waals surface area contributed by atoms with Gasteiger partial charge in [0.25, 0.3) is 11.8 Å². The smallest absolute Gasteiger partial charge is 0.254 e. The van der Waals surface area contributed by atoms with E-state index in [1.54, 1.807) is 18.2 Å². The molecule has 1 aromatic rings. The van der Waals surface area contributed by atoms with Crippen molar-refractivity contribution in [1.82, 2.24) is 5.01 Å². The van der Waals surface area contributed by atoms with Crippen LogP contribution < -0.4 is 0 Å². The van der Waals surface area contributed by atoms with Crippen molar-refractivity contribution in [1.29, 1.82) is 0 Å². The number of hydrazone groups is 1. The molecule has 0 spiro atoms. The lowest BCUT2D eigenvalue weighted by Crippen LogP contribution is -2.28. The Labute approximate surface area is 121 Å². The van der Waals surface area contributed by atoms with Gasteiger partial charge in [0, 0.05) is 5.56 Å². The molecule has 21 heavy (non-hydrogen) atoms. The molecule has 1 saturated heterocycles. The average Bonchev–Trinajstić information content (AvgIpc) is 3.14. The minimum absolute atomic E-state index is 0.0716. The number of hydrogen-bond donors (Lipinski definition) is 1. The third-order valence-corrected chi connectivity index (χ3v) is 4.70. The molecule has 4 rings (SSSR count). The Morgan fingerprint density at radius 3 is 2.33 bits per heavy atom. The second-order valence-corrected chi connectivity index (χ2v) is 5.79. The highest BCUT2D eigenvalue weighted by atomic mass is 16.3. The highest BCUT2D eigenvalue weighted by Crippen LogP contribution is 2.52. The number of carbonyl (C=O) groups is 2. The van der Waals surface area contributed by atoms with Crippen molar-refractivity contribution < 1.29 is 14.7 Å². The van der Waals surface area contributed by atoms with Crippen LogP contribution in [0.5, 0.6) is 5.75 Å². The summed E-state index contributed by atoms with van der Waals surface area (Å²) >= 11 is 0. The highest BCUT2D eigenvalue weighted by Gasteiger charge is 2.59. The number of benzene rings is 1. The fraction of sp³-hybridized carbons (Fsp3) is 0.312. The molecule has 2 bridgehead atoms. The van der Waals surface area contributed by atoms with Crippen LogP contribution in [0, 0.1) is 23.7 Å². The van der Waals surface area contributed by atoms with Gasteiger partial charge in [-0.1, -0.05) is 24.3 Å². The van der Waals surface area contributed by atoms with E-state index in [1.807, 2.05) is 12.2 Å². The molecular formula is C16H14N2O3. The number of amides is 2. The van der Waals surface area contributed by atoms with E-state index in [0.29, 0.717) is 5.56 Å². The first-order chi connectivity index (χ1) is 10.2. The SMILES string of the molecule is O=C1[C@@H]2[C@H](C(=O)N1N=Cc1ccccc1O)[C@H]1C=C[C@H]2C1. The zero-order valence-electron chi connectivity index (χ0n) is 11.2. The van der Waals surface area contributed by atoms with E-state index in [1.165, 1.54) is 12.3 Å². The lowest BCUT2D eigenvalue weighted by atomic mass is 9.85. The van der Waals surface area contributed by atoms with E-state index in [-0.39, 0.29) is 41.2 Å². The number of carbonyl (C=O) groups excluding carboxylic acids is 2. The Kier molecular flexibility index (Phi) is 2.51. The molecule has 0 radical (unpaired) electrons. The standard InChI is InChI=1S/C16H14N2O3/c19-12-4-2-1-3-11(12)8-17-18-15(20)13-9-5-6-10(7-9)14(13)16(18)21/h1-6,8-10,13-14,19H,7H2/t9-,10-,13-,14+/m0/s1. The van der Waals surface area contributed by atoms with Gasteiger partial charge in [-0.05, 0) is 30.4 Å². The Morgan fingerprint density at radius 2 is 1.71 bits per heavy atom. The molecule has 1 aliphatic heterocycles. The fourth-order valence-electron chi connectivity index (χ4n) is 3.72. The summed E-state index contributed by atoms with van der Waals surface area (Å²) in [4.78, 5) is 24.8. The summed E-state index contributed by atoms with van der Waals surface area (Å²) in [5.74, 6) is -0.476. The van der Waals surface area contributed by atoms with E-state index in [4.69, 9.17) is 0 Å². The molecule has 5 heteroatoms. The van der Waals surface area contributed by atoms with Crippen LogP contribution in [0.3, 0.4) is 0 Å². The Balaban J connectivity index is 1.62. The number of rotatable bonds is 2. The van der Waals surface area contributed by atoms with Crippen molar-refractivity contribution in [2.75, 3.05) is 0 Å². The van der Waals surface area contributed by atoms with Gasteiger partial charge in [-0.25, -0.2) is 0 Å².